The van der Waals surface area contributed by atoms with E-state index in [2.05, 4.69) is 4.31 Å². The van der Waals surface area contributed by atoms with Gasteiger partial charge in [-0.1, -0.05) is 43.1 Å². The van der Waals surface area contributed by atoms with Gasteiger partial charge < -0.3 is 4.90 Å². The molecule has 1 saturated heterocycles. The summed E-state index contributed by atoms with van der Waals surface area (Å²) in [7, 11) is 0. The first-order valence-electron chi connectivity index (χ1n) is 6.64. The van der Waals surface area contributed by atoms with Crippen LogP contribution in [0.25, 0.3) is 0 Å². The van der Waals surface area contributed by atoms with E-state index < -0.39 is 0 Å². The molecule has 0 atom stereocenters. The molecule has 0 N–H and O–H groups in total. The van der Waals surface area contributed by atoms with Gasteiger partial charge in [0.05, 0.1) is 14.9 Å². The van der Waals surface area contributed by atoms with E-state index in [4.69, 9.17) is 23.2 Å². The van der Waals surface area contributed by atoms with Crippen LogP contribution in [0.2, 0.25) is 10.0 Å². The molecule has 0 aliphatic carbocycles. The Morgan fingerprint density at radius 1 is 1.15 bits per heavy atom. The number of rotatable bonds is 3. The first kappa shape index (κ1) is 16.0. The highest BCUT2D eigenvalue weighted by molar-refractivity contribution is 7.97. The van der Waals surface area contributed by atoms with Crippen LogP contribution < -0.4 is 0 Å². The van der Waals surface area contributed by atoms with Crippen molar-refractivity contribution in [1.82, 2.24) is 9.21 Å². The molecule has 0 aromatic heterocycles. The molecule has 0 spiro atoms. The number of hydrogen-bond acceptors (Lipinski definition) is 3. The van der Waals surface area contributed by atoms with Crippen molar-refractivity contribution < 1.29 is 4.79 Å². The maximum atomic E-state index is 11.9. The van der Waals surface area contributed by atoms with Crippen molar-refractivity contribution in [2.75, 3.05) is 26.2 Å². The van der Waals surface area contributed by atoms with Gasteiger partial charge in [-0.3, -0.25) is 4.79 Å². The molecule has 0 radical (unpaired) electrons. The second-order valence-corrected chi connectivity index (χ2v) is 6.97. The molecule has 1 aliphatic heterocycles. The Balaban J connectivity index is 1.93. The zero-order valence-corrected chi connectivity index (χ0v) is 13.9. The molecule has 110 valence electrons. The fourth-order valence-corrected chi connectivity index (χ4v) is 3.58. The normalized spacial score (nSPS) is 16.8. The fraction of sp³-hybridized carbons (Fsp3) is 0.500. The second-order valence-electron chi connectivity index (χ2n) is 5.05. The summed E-state index contributed by atoms with van der Waals surface area (Å²) in [5, 5.41) is 1.34. The zero-order chi connectivity index (χ0) is 14.7. The molecule has 0 bridgehead atoms. The number of piperazine rings is 1. The molecular weight excluding hydrogens is 315 g/mol. The smallest absolute Gasteiger partial charge is 0.225 e. The van der Waals surface area contributed by atoms with Gasteiger partial charge in [-0.25, -0.2) is 4.31 Å². The SMILES string of the molecule is CC(C)C(=O)N1CCN(Sc2c(Cl)cccc2Cl)CC1. The Hall–Kier alpha value is -0.420. The Bertz CT molecular complexity index is 468. The highest BCUT2D eigenvalue weighted by Crippen LogP contribution is 2.36. The molecule has 3 nitrogen and oxygen atoms in total. The number of amides is 1. The van der Waals surface area contributed by atoms with Gasteiger partial charge in [0.1, 0.15) is 0 Å². The molecule has 1 aromatic carbocycles. The minimum atomic E-state index is 0.0622. The minimum absolute atomic E-state index is 0.0622. The topological polar surface area (TPSA) is 23.6 Å². The van der Waals surface area contributed by atoms with E-state index in [1.54, 1.807) is 11.9 Å². The van der Waals surface area contributed by atoms with Crippen molar-refractivity contribution in [3.63, 3.8) is 0 Å². The molecule has 1 aromatic rings. The number of benzene rings is 1. The summed E-state index contributed by atoms with van der Waals surface area (Å²) in [5.41, 5.74) is 0. The van der Waals surface area contributed by atoms with Crippen LogP contribution in [-0.2, 0) is 4.79 Å². The number of halogens is 2. The second kappa shape index (κ2) is 7.03. The summed E-state index contributed by atoms with van der Waals surface area (Å²) in [6.45, 7) is 7.04. The van der Waals surface area contributed by atoms with Gasteiger partial charge in [0.2, 0.25) is 5.91 Å². The van der Waals surface area contributed by atoms with Crippen LogP contribution >= 0.6 is 35.1 Å². The fourth-order valence-electron chi connectivity index (χ4n) is 2.06. The van der Waals surface area contributed by atoms with Crippen molar-refractivity contribution >= 4 is 41.1 Å². The van der Waals surface area contributed by atoms with E-state index in [-0.39, 0.29) is 11.8 Å². The highest BCUT2D eigenvalue weighted by atomic mass is 35.5. The monoisotopic (exact) mass is 332 g/mol. The van der Waals surface area contributed by atoms with E-state index >= 15 is 0 Å². The van der Waals surface area contributed by atoms with E-state index in [1.807, 2.05) is 36.9 Å². The summed E-state index contributed by atoms with van der Waals surface area (Å²) in [6.07, 6.45) is 0. The third kappa shape index (κ3) is 3.82. The van der Waals surface area contributed by atoms with Crippen LogP contribution in [0.4, 0.5) is 0 Å². The molecular formula is C14H18Cl2N2OS. The molecule has 6 heteroatoms. The molecule has 1 heterocycles. The lowest BCUT2D eigenvalue weighted by Gasteiger charge is -2.35. The number of carbonyl (C=O) groups excluding carboxylic acids is 1. The molecule has 1 aliphatic rings. The highest BCUT2D eigenvalue weighted by Gasteiger charge is 2.24. The van der Waals surface area contributed by atoms with Crippen LogP contribution in [0, 0.1) is 5.92 Å². The van der Waals surface area contributed by atoms with Gasteiger partial charge in [-0.15, -0.1) is 0 Å². The van der Waals surface area contributed by atoms with Crippen molar-refractivity contribution in [3.05, 3.63) is 28.2 Å². The van der Waals surface area contributed by atoms with Gasteiger partial charge in [0.25, 0.3) is 0 Å². The van der Waals surface area contributed by atoms with Crippen LogP contribution in [0.1, 0.15) is 13.8 Å². The Morgan fingerprint density at radius 2 is 1.70 bits per heavy atom. The van der Waals surface area contributed by atoms with Gasteiger partial charge in [0, 0.05) is 32.1 Å². The standard InChI is InChI=1S/C14H18Cl2N2OS/c1-10(2)14(19)17-6-8-18(9-7-17)20-13-11(15)4-3-5-12(13)16/h3-5,10H,6-9H2,1-2H3. The van der Waals surface area contributed by atoms with Crippen LogP contribution in [0.15, 0.2) is 23.1 Å². The third-order valence-electron chi connectivity index (χ3n) is 3.18. The van der Waals surface area contributed by atoms with Gasteiger partial charge in [-0.2, -0.15) is 0 Å². The van der Waals surface area contributed by atoms with Crippen molar-refractivity contribution in [3.8, 4) is 0 Å². The lowest BCUT2D eigenvalue weighted by atomic mass is 10.2. The van der Waals surface area contributed by atoms with Crippen molar-refractivity contribution in [1.29, 1.82) is 0 Å². The maximum absolute atomic E-state index is 11.9. The molecule has 1 amide bonds. The molecule has 20 heavy (non-hydrogen) atoms. The lowest BCUT2D eigenvalue weighted by Crippen LogP contribution is -2.47. The lowest BCUT2D eigenvalue weighted by molar-refractivity contribution is -0.135. The van der Waals surface area contributed by atoms with Gasteiger partial charge in [-0.05, 0) is 24.1 Å². The number of hydrogen-bond donors (Lipinski definition) is 0. The Kier molecular flexibility index (Phi) is 5.61. The zero-order valence-electron chi connectivity index (χ0n) is 11.6. The Morgan fingerprint density at radius 3 is 2.20 bits per heavy atom. The number of nitrogens with zero attached hydrogens (tertiary/aromatic N) is 2. The summed E-state index contributed by atoms with van der Waals surface area (Å²) < 4.78 is 2.21. The average molecular weight is 333 g/mol. The third-order valence-corrected chi connectivity index (χ3v) is 5.28. The predicted molar refractivity (Wildman–Crippen MR) is 85.3 cm³/mol. The summed E-state index contributed by atoms with van der Waals surface area (Å²) >= 11 is 13.9. The average Bonchev–Trinajstić information content (AvgIpc) is 2.43. The maximum Gasteiger partial charge on any atom is 0.225 e. The van der Waals surface area contributed by atoms with E-state index in [0.717, 1.165) is 31.1 Å². The first-order chi connectivity index (χ1) is 9.49. The largest absolute Gasteiger partial charge is 0.340 e. The first-order valence-corrected chi connectivity index (χ1v) is 8.17. The van der Waals surface area contributed by atoms with Crippen LogP contribution in [0.5, 0.6) is 0 Å². The Labute approximate surface area is 134 Å². The van der Waals surface area contributed by atoms with E-state index in [9.17, 15) is 4.79 Å². The van der Waals surface area contributed by atoms with Crippen molar-refractivity contribution in [2.45, 2.75) is 18.7 Å². The molecule has 1 fully saturated rings. The minimum Gasteiger partial charge on any atom is -0.340 e. The molecule has 2 rings (SSSR count). The molecule has 0 saturated carbocycles. The summed E-state index contributed by atoms with van der Waals surface area (Å²) in [5.74, 6) is 0.289. The summed E-state index contributed by atoms with van der Waals surface area (Å²) in [6, 6.07) is 5.52. The molecule has 0 unspecified atom stereocenters. The van der Waals surface area contributed by atoms with Crippen molar-refractivity contribution in [2.24, 2.45) is 5.92 Å². The van der Waals surface area contributed by atoms with Crippen LogP contribution in [0.3, 0.4) is 0 Å². The quantitative estimate of drug-likeness (QED) is 0.786. The van der Waals surface area contributed by atoms with Crippen LogP contribution in [-0.4, -0.2) is 41.3 Å². The van der Waals surface area contributed by atoms with E-state index in [1.165, 1.54) is 0 Å². The van der Waals surface area contributed by atoms with E-state index in [0.29, 0.717) is 10.0 Å². The predicted octanol–water partition coefficient (Wildman–Crippen LogP) is 3.80. The van der Waals surface area contributed by atoms with Gasteiger partial charge in [0.15, 0.2) is 0 Å². The summed E-state index contributed by atoms with van der Waals surface area (Å²) in [4.78, 5) is 14.7. The number of carbonyl (C=O) groups is 1. The van der Waals surface area contributed by atoms with Gasteiger partial charge >= 0.3 is 0 Å².